The van der Waals surface area contributed by atoms with E-state index in [1.165, 1.54) is 18.2 Å². The van der Waals surface area contributed by atoms with Gasteiger partial charge in [0, 0.05) is 16.5 Å². The van der Waals surface area contributed by atoms with Gasteiger partial charge in [-0.05, 0) is 35.9 Å². The molecule has 114 valence electrons. The Morgan fingerprint density at radius 3 is 2.45 bits per heavy atom. The number of primary amides is 1. The average Bonchev–Trinajstić information content (AvgIpc) is 2.48. The van der Waals surface area contributed by atoms with Crippen molar-refractivity contribution in [2.24, 2.45) is 5.73 Å². The number of carbonyl (C=O) groups excluding carboxylic acids is 2. The monoisotopic (exact) mass is 364 g/mol. The van der Waals surface area contributed by atoms with Crippen LogP contribution >= 0.6 is 15.9 Å². The molecule has 0 bridgehead atoms. The van der Waals surface area contributed by atoms with E-state index in [9.17, 15) is 14.0 Å². The van der Waals surface area contributed by atoms with Crippen molar-refractivity contribution < 1.29 is 14.0 Å². The second-order valence-electron chi connectivity index (χ2n) is 4.77. The second kappa shape index (κ2) is 7.17. The highest BCUT2D eigenvalue weighted by atomic mass is 79.9. The van der Waals surface area contributed by atoms with Gasteiger partial charge in [0.15, 0.2) is 0 Å². The molecule has 0 unspecified atom stereocenters. The summed E-state index contributed by atoms with van der Waals surface area (Å²) in [6, 6.07) is 11.7. The molecule has 2 rings (SSSR count). The van der Waals surface area contributed by atoms with E-state index in [1.54, 1.807) is 0 Å². The molecule has 2 amide bonds. The van der Waals surface area contributed by atoms with Gasteiger partial charge in [-0.2, -0.15) is 0 Å². The zero-order chi connectivity index (χ0) is 16.1. The number of amides is 2. The van der Waals surface area contributed by atoms with E-state index in [0.29, 0.717) is 0 Å². The largest absolute Gasteiger partial charge is 0.368 e. The van der Waals surface area contributed by atoms with Crippen LogP contribution in [0.5, 0.6) is 0 Å². The first-order valence-corrected chi connectivity index (χ1v) is 7.35. The summed E-state index contributed by atoms with van der Waals surface area (Å²) in [6.45, 7) is 0. The van der Waals surface area contributed by atoms with Gasteiger partial charge >= 0.3 is 0 Å². The van der Waals surface area contributed by atoms with Crippen molar-refractivity contribution in [3.05, 3.63) is 69.9 Å². The van der Waals surface area contributed by atoms with Gasteiger partial charge in [-0.25, -0.2) is 4.39 Å². The third kappa shape index (κ3) is 4.39. The Morgan fingerprint density at radius 1 is 1.18 bits per heavy atom. The van der Waals surface area contributed by atoms with E-state index in [-0.39, 0.29) is 12.0 Å². The van der Waals surface area contributed by atoms with Crippen LogP contribution < -0.4 is 11.1 Å². The lowest BCUT2D eigenvalue weighted by Crippen LogP contribution is -2.45. The highest BCUT2D eigenvalue weighted by Gasteiger charge is 2.19. The van der Waals surface area contributed by atoms with Crippen LogP contribution in [0.1, 0.15) is 15.9 Å². The van der Waals surface area contributed by atoms with Gasteiger partial charge in [-0.3, -0.25) is 9.59 Å². The maximum Gasteiger partial charge on any atom is 0.252 e. The Bertz CT molecular complexity index is 689. The lowest BCUT2D eigenvalue weighted by Gasteiger charge is -2.15. The molecule has 1 atom stereocenters. The van der Waals surface area contributed by atoms with Crippen molar-refractivity contribution in [3.63, 3.8) is 0 Å². The molecule has 0 saturated carbocycles. The number of rotatable bonds is 5. The average molecular weight is 365 g/mol. The minimum atomic E-state index is -0.864. The predicted molar refractivity (Wildman–Crippen MR) is 84.7 cm³/mol. The molecule has 0 aromatic heterocycles. The summed E-state index contributed by atoms with van der Waals surface area (Å²) in [4.78, 5) is 23.6. The molecule has 6 heteroatoms. The molecule has 0 fully saturated rings. The van der Waals surface area contributed by atoms with Crippen molar-refractivity contribution in [1.82, 2.24) is 5.32 Å². The Labute approximate surface area is 135 Å². The molecule has 0 saturated heterocycles. The summed E-state index contributed by atoms with van der Waals surface area (Å²) in [5.41, 5.74) is 6.33. The topological polar surface area (TPSA) is 72.2 Å². The summed E-state index contributed by atoms with van der Waals surface area (Å²) >= 11 is 3.32. The van der Waals surface area contributed by atoms with Gasteiger partial charge in [0.2, 0.25) is 5.91 Å². The van der Waals surface area contributed by atoms with Crippen molar-refractivity contribution in [3.8, 4) is 0 Å². The van der Waals surface area contributed by atoms with E-state index < -0.39 is 23.7 Å². The Hall–Kier alpha value is -2.21. The predicted octanol–water partition coefficient (Wildman–Crippen LogP) is 2.41. The van der Waals surface area contributed by atoms with E-state index in [0.717, 1.165) is 16.1 Å². The minimum Gasteiger partial charge on any atom is -0.368 e. The molecule has 0 aliphatic heterocycles. The van der Waals surface area contributed by atoms with E-state index in [4.69, 9.17) is 5.73 Å². The van der Waals surface area contributed by atoms with E-state index >= 15 is 0 Å². The number of nitrogens with one attached hydrogen (secondary N) is 1. The number of benzene rings is 2. The summed E-state index contributed by atoms with van der Waals surface area (Å²) in [5, 5.41) is 2.53. The first kappa shape index (κ1) is 16.2. The highest BCUT2D eigenvalue weighted by Crippen LogP contribution is 2.12. The van der Waals surface area contributed by atoms with Crippen LogP contribution in [0.15, 0.2) is 53.0 Å². The molecule has 22 heavy (non-hydrogen) atoms. The van der Waals surface area contributed by atoms with Crippen LogP contribution in [0.2, 0.25) is 0 Å². The van der Waals surface area contributed by atoms with Crippen molar-refractivity contribution in [2.45, 2.75) is 12.5 Å². The fourth-order valence-electron chi connectivity index (χ4n) is 1.95. The van der Waals surface area contributed by atoms with Crippen LogP contribution in [-0.2, 0) is 11.2 Å². The second-order valence-corrected chi connectivity index (χ2v) is 5.69. The van der Waals surface area contributed by atoms with Crippen LogP contribution in [0, 0.1) is 5.82 Å². The maximum atomic E-state index is 13.1. The number of hydrogen-bond acceptors (Lipinski definition) is 2. The summed E-state index contributed by atoms with van der Waals surface area (Å²) in [5.74, 6) is -1.70. The van der Waals surface area contributed by atoms with Crippen LogP contribution in [0.4, 0.5) is 4.39 Å². The van der Waals surface area contributed by atoms with Crippen molar-refractivity contribution in [1.29, 1.82) is 0 Å². The van der Waals surface area contributed by atoms with E-state index in [2.05, 4.69) is 21.2 Å². The number of nitrogens with two attached hydrogens (primary N) is 1. The number of hydrogen-bond donors (Lipinski definition) is 2. The molecule has 2 aromatic rings. The zero-order valence-corrected chi connectivity index (χ0v) is 13.1. The summed E-state index contributed by atoms with van der Waals surface area (Å²) < 4.78 is 14.0. The SMILES string of the molecule is NC(=O)[C@H](Cc1ccc(Br)cc1)NC(=O)c1cccc(F)c1. The van der Waals surface area contributed by atoms with Gasteiger partial charge in [0.05, 0.1) is 0 Å². The van der Waals surface area contributed by atoms with Gasteiger partial charge < -0.3 is 11.1 Å². The minimum absolute atomic E-state index is 0.141. The Morgan fingerprint density at radius 2 is 1.86 bits per heavy atom. The molecule has 0 heterocycles. The Kier molecular flexibility index (Phi) is 5.27. The first-order valence-electron chi connectivity index (χ1n) is 6.56. The number of carbonyl (C=O) groups is 2. The van der Waals surface area contributed by atoms with Gasteiger partial charge in [0.25, 0.3) is 5.91 Å². The molecule has 0 spiro atoms. The highest BCUT2D eigenvalue weighted by molar-refractivity contribution is 9.10. The quantitative estimate of drug-likeness (QED) is 0.854. The molecular weight excluding hydrogens is 351 g/mol. The van der Waals surface area contributed by atoms with Gasteiger partial charge in [0.1, 0.15) is 11.9 Å². The lowest BCUT2D eigenvalue weighted by molar-refractivity contribution is -0.119. The zero-order valence-electron chi connectivity index (χ0n) is 11.6. The standard InChI is InChI=1S/C16H14BrFN2O2/c17-12-6-4-10(5-7-12)8-14(15(19)21)20-16(22)11-2-1-3-13(18)9-11/h1-7,9,14H,8H2,(H2,19,21)(H,20,22)/t14-/m0/s1. The molecule has 0 aliphatic carbocycles. The number of halogens is 2. The normalized spacial score (nSPS) is 11.7. The van der Waals surface area contributed by atoms with E-state index in [1.807, 2.05) is 24.3 Å². The molecule has 0 aliphatic rings. The first-order chi connectivity index (χ1) is 10.5. The van der Waals surface area contributed by atoms with Crippen LogP contribution in [-0.4, -0.2) is 17.9 Å². The van der Waals surface area contributed by atoms with Gasteiger partial charge in [-0.15, -0.1) is 0 Å². The third-order valence-corrected chi connectivity index (χ3v) is 3.62. The maximum absolute atomic E-state index is 13.1. The summed E-state index contributed by atoms with van der Waals surface area (Å²) in [6.07, 6.45) is 0.268. The summed E-state index contributed by atoms with van der Waals surface area (Å²) in [7, 11) is 0. The molecule has 2 aromatic carbocycles. The fourth-order valence-corrected chi connectivity index (χ4v) is 2.21. The van der Waals surface area contributed by atoms with Crippen molar-refractivity contribution >= 4 is 27.7 Å². The molecule has 4 nitrogen and oxygen atoms in total. The fraction of sp³-hybridized carbons (Fsp3) is 0.125. The van der Waals surface area contributed by atoms with Crippen LogP contribution in [0.3, 0.4) is 0 Å². The lowest BCUT2D eigenvalue weighted by atomic mass is 10.0. The molecule has 0 radical (unpaired) electrons. The Balaban J connectivity index is 2.10. The van der Waals surface area contributed by atoms with Gasteiger partial charge in [-0.1, -0.05) is 34.1 Å². The third-order valence-electron chi connectivity index (χ3n) is 3.09. The van der Waals surface area contributed by atoms with Crippen LogP contribution in [0.25, 0.3) is 0 Å². The smallest absolute Gasteiger partial charge is 0.252 e. The molecule has 3 N–H and O–H groups in total. The van der Waals surface area contributed by atoms with Crippen molar-refractivity contribution in [2.75, 3.05) is 0 Å². The molecular formula is C16H14BrFN2O2.